The van der Waals surface area contributed by atoms with Crippen molar-refractivity contribution in [1.29, 1.82) is 0 Å². The van der Waals surface area contributed by atoms with Crippen molar-refractivity contribution in [2.45, 2.75) is 20.0 Å². The molecule has 1 atom stereocenters. The first-order valence-corrected chi connectivity index (χ1v) is 7.91. The van der Waals surface area contributed by atoms with Crippen molar-refractivity contribution < 1.29 is 4.74 Å². The number of benzene rings is 2. The fourth-order valence-corrected chi connectivity index (χ4v) is 3.16. The number of aryl methyl sites for hydroxylation is 1. The van der Waals surface area contributed by atoms with Crippen LogP contribution in [0.5, 0.6) is 5.75 Å². The Morgan fingerprint density at radius 2 is 1.91 bits per heavy atom. The van der Waals surface area contributed by atoms with E-state index < -0.39 is 0 Å². The zero-order valence-corrected chi connectivity index (χ0v) is 13.3. The lowest BCUT2D eigenvalue weighted by Gasteiger charge is -2.30. The van der Waals surface area contributed by atoms with E-state index >= 15 is 0 Å². The highest BCUT2D eigenvalue weighted by molar-refractivity contribution is 5.78. The van der Waals surface area contributed by atoms with E-state index in [1.165, 1.54) is 5.56 Å². The fourth-order valence-electron chi connectivity index (χ4n) is 3.16. The Morgan fingerprint density at radius 3 is 2.78 bits per heavy atom. The van der Waals surface area contributed by atoms with Crippen molar-refractivity contribution in [3.8, 4) is 17.0 Å². The van der Waals surface area contributed by atoms with Crippen molar-refractivity contribution in [2.75, 3.05) is 11.9 Å². The van der Waals surface area contributed by atoms with E-state index in [1.807, 2.05) is 32.0 Å². The number of hydrogen-bond acceptors (Lipinski definition) is 3. The van der Waals surface area contributed by atoms with Gasteiger partial charge in [-0.3, -0.25) is 0 Å². The molecule has 1 aliphatic heterocycles. The molecule has 0 bridgehead atoms. The molecule has 0 aliphatic carbocycles. The first kappa shape index (κ1) is 13.9. The molecule has 0 fully saturated rings. The summed E-state index contributed by atoms with van der Waals surface area (Å²) in [4.78, 5) is 0. The van der Waals surface area contributed by atoms with Crippen molar-refractivity contribution in [3.05, 3.63) is 65.9 Å². The summed E-state index contributed by atoms with van der Waals surface area (Å²) in [6.07, 6.45) is -0.0728. The van der Waals surface area contributed by atoms with Crippen LogP contribution in [-0.2, 0) is 0 Å². The monoisotopic (exact) mass is 305 g/mol. The highest BCUT2D eigenvalue weighted by Crippen LogP contribution is 2.40. The van der Waals surface area contributed by atoms with Gasteiger partial charge in [0.2, 0.25) is 0 Å². The third kappa shape index (κ3) is 2.27. The van der Waals surface area contributed by atoms with E-state index in [1.54, 1.807) is 0 Å². The molecule has 4 nitrogen and oxygen atoms in total. The lowest BCUT2D eigenvalue weighted by Crippen LogP contribution is -2.26. The molecule has 1 aliphatic rings. The zero-order valence-electron chi connectivity index (χ0n) is 13.3. The summed E-state index contributed by atoms with van der Waals surface area (Å²) < 4.78 is 7.87. The Bertz CT molecular complexity index is 853. The highest BCUT2D eigenvalue weighted by atomic mass is 16.5. The topological polar surface area (TPSA) is 39.1 Å². The number of anilines is 1. The average Bonchev–Trinajstić information content (AvgIpc) is 2.97. The highest BCUT2D eigenvalue weighted by Gasteiger charge is 2.27. The Kier molecular flexibility index (Phi) is 3.30. The van der Waals surface area contributed by atoms with Crippen LogP contribution < -0.4 is 10.1 Å². The maximum Gasteiger partial charge on any atom is 0.150 e. The lowest BCUT2D eigenvalue weighted by molar-refractivity contribution is 0.332. The summed E-state index contributed by atoms with van der Waals surface area (Å²) in [6.45, 7) is 4.68. The Balaban J connectivity index is 1.89. The number of hydrogen-bond donors (Lipinski definition) is 1. The quantitative estimate of drug-likeness (QED) is 0.787. The van der Waals surface area contributed by atoms with Gasteiger partial charge in [0, 0.05) is 16.8 Å². The first-order chi connectivity index (χ1) is 11.3. The predicted molar refractivity (Wildman–Crippen MR) is 91.8 cm³/mol. The van der Waals surface area contributed by atoms with E-state index in [-0.39, 0.29) is 6.17 Å². The molecule has 1 unspecified atom stereocenters. The van der Waals surface area contributed by atoms with E-state index in [0.717, 1.165) is 28.4 Å². The van der Waals surface area contributed by atoms with Crippen LogP contribution in [0.3, 0.4) is 0 Å². The summed E-state index contributed by atoms with van der Waals surface area (Å²) in [5, 5.41) is 8.31. The zero-order chi connectivity index (χ0) is 15.8. The molecule has 0 spiro atoms. The third-order valence-corrected chi connectivity index (χ3v) is 4.11. The number of para-hydroxylation sites is 2. The minimum atomic E-state index is -0.0728. The fraction of sp³-hybridized carbons (Fsp3) is 0.211. The van der Waals surface area contributed by atoms with Gasteiger partial charge in [0.05, 0.1) is 18.0 Å². The molecule has 4 heteroatoms. The van der Waals surface area contributed by atoms with Gasteiger partial charge in [-0.2, -0.15) is 5.10 Å². The number of fused-ring (bicyclic) bond motifs is 3. The largest absolute Gasteiger partial charge is 0.493 e. The maximum absolute atomic E-state index is 5.82. The van der Waals surface area contributed by atoms with E-state index in [9.17, 15) is 0 Å². The van der Waals surface area contributed by atoms with Gasteiger partial charge in [-0.05, 0) is 32.0 Å². The van der Waals surface area contributed by atoms with Crippen LogP contribution in [0.2, 0.25) is 0 Å². The first-order valence-electron chi connectivity index (χ1n) is 7.91. The van der Waals surface area contributed by atoms with Gasteiger partial charge in [-0.15, -0.1) is 0 Å². The second-order valence-corrected chi connectivity index (χ2v) is 5.68. The molecule has 2 aromatic carbocycles. The molecular weight excluding hydrogens is 286 g/mol. The number of aromatic nitrogens is 2. The molecule has 1 N–H and O–H groups in total. The van der Waals surface area contributed by atoms with Gasteiger partial charge in [-0.25, -0.2) is 4.68 Å². The SMILES string of the molecule is CCOc1ccccc1C1Nc2ccccc2-c2cc(C)nn21. The average molecular weight is 305 g/mol. The molecule has 0 radical (unpaired) electrons. The Morgan fingerprint density at radius 1 is 1.13 bits per heavy atom. The predicted octanol–water partition coefficient (Wildman–Crippen LogP) is 4.23. The molecule has 0 saturated heterocycles. The Hall–Kier alpha value is -2.75. The standard InChI is InChI=1S/C19H19N3O/c1-3-23-18-11-7-5-9-15(18)19-20-16-10-6-4-8-14(16)17-12-13(2)21-22(17)19/h4-12,19-20H,3H2,1-2H3. The van der Waals surface area contributed by atoms with E-state index in [4.69, 9.17) is 9.84 Å². The van der Waals surface area contributed by atoms with Crippen LogP contribution in [0.25, 0.3) is 11.3 Å². The van der Waals surface area contributed by atoms with Crippen molar-refractivity contribution >= 4 is 5.69 Å². The number of rotatable bonds is 3. The number of nitrogens with zero attached hydrogens (tertiary/aromatic N) is 2. The molecule has 1 aromatic heterocycles. The molecule has 4 rings (SSSR count). The molecule has 0 amide bonds. The van der Waals surface area contributed by atoms with Gasteiger partial charge < -0.3 is 10.1 Å². The van der Waals surface area contributed by atoms with Gasteiger partial charge in [-0.1, -0.05) is 36.4 Å². The summed E-state index contributed by atoms with van der Waals surface area (Å²) in [5.41, 5.74) is 5.54. The Labute approximate surface area is 135 Å². The minimum absolute atomic E-state index is 0.0728. The number of nitrogens with one attached hydrogen (secondary N) is 1. The van der Waals surface area contributed by atoms with Crippen LogP contribution in [0.4, 0.5) is 5.69 Å². The summed E-state index contributed by atoms with van der Waals surface area (Å²) >= 11 is 0. The van der Waals surface area contributed by atoms with E-state index in [0.29, 0.717) is 6.61 Å². The smallest absolute Gasteiger partial charge is 0.150 e. The second-order valence-electron chi connectivity index (χ2n) is 5.68. The molecule has 3 aromatic rings. The normalized spacial score (nSPS) is 15.5. The van der Waals surface area contributed by atoms with Crippen LogP contribution in [0.1, 0.15) is 24.3 Å². The third-order valence-electron chi connectivity index (χ3n) is 4.11. The lowest BCUT2D eigenvalue weighted by atomic mass is 10.0. The van der Waals surface area contributed by atoms with Crippen LogP contribution in [0, 0.1) is 6.92 Å². The molecule has 23 heavy (non-hydrogen) atoms. The van der Waals surface area contributed by atoms with Gasteiger partial charge in [0.1, 0.15) is 5.75 Å². The summed E-state index contributed by atoms with van der Waals surface area (Å²) in [6, 6.07) is 18.6. The van der Waals surface area contributed by atoms with Crippen molar-refractivity contribution in [3.63, 3.8) is 0 Å². The minimum Gasteiger partial charge on any atom is -0.493 e. The van der Waals surface area contributed by atoms with Crippen LogP contribution >= 0.6 is 0 Å². The van der Waals surface area contributed by atoms with Crippen LogP contribution in [-0.4, -0.2) is 16.4 Å². The summed E-state index contributed by atoms with van der Waals surface area (Å²) in [7, 11) is 0. The van der Waals surface area contributed by atoms with Gasteiger partial charge >= 0.3 is 0 Å². The van der Waals surface area contributed by atoms with Gasteiger partial charge in [0.15, 0.2) is 6.17 Å². The van der Waals surface area contributed by atoms with E-state index in [2.05, 4.69) is 46.4 Å². The molecule has 2 heterocycles. The maximum atomic E-state index is 5.82. The second kappa shape index (κ2) is 5.47. The number of ether oxygens (including phenoxy) is 1. The van der Waals surface area contributed by atoms with Crippen molar-refractivity contribution in [1.82, 2.24) is 9.78 Å². The van der Waals surface area contributed by atoms with Crippen LogP contribution in [0.15, 0.2) is 54.6 Å². The van der Waals surface area contributed by atoms with Crippen molar-refractivity contribution in [2.24, 2.45) is 0 Å². The van der Waals surface area contributed by atoms with Gasteiger partial charge in [0.25, 0.3) is 0 Å². The molecular formula is C19H19N3O. The molecule has 116 valence electrons. The summed E-state index contributed by atoms with van der Waals surface area (Å²) in [5.74, 6) is 0.894. The molecule has 0 saturated carbocycles.